The second-order valence-electron chi connectivity index (χ2n) is 4.83. The fraction of sp³-hybridized carbons (Fsp3) is 0.385. The number of amides is 2. The zero-order valence-corrected chi connectivity index (χ0v) is 14.3. The van der Waals surface area contributed by atoms with E-state index in [4.69, 9.17) is 0 Å². The lowest BCUT2D eigenvalue weighted by Gasteiger charge is -2.14. The Balaban J connectivity index is 2.22. The van der Waals surface area contributed by atoms with Crippen molar-refractivity contribution >= 4 is 33.4 Å². The number of aromatic nitrogens is 4. The lowest BCUT2D eigenvalue weighted by molar-refractivity contribution is -0.119. The van der Waals surface area contributed by atoms with Gasteiger partial charge >= 0.3 is 0 Å². The van der Waals surface area contributed by atoms with Gasteiger partial charge in [-0.1, -0.05) is 0 Å². The van der Waals surface area contributed by atoms with Crippen molar-refractivity contribution in [2.24, 2.45) is 7.05 Å². The molecule has 0 fully saturated rings. The number of halogens is 1. The van der Waals surface area contributed by atoms with Crippen LogP contribution in [0.3, 0.4) is 0 Å². The lowest BCUT2D eigenvalue weighted by Crippen LogP contribution is -2.27. The van der Waals surface area contributed by atoms with Crippen molar-refractivity contribution < 1.29 is 9.59 Å². The van der Waals surface area contributed by atoms with Gasteiger partial charge in [-0.3, -0.25) is 19.0 Å². The zero-order valence-electron chi connectivity index (χ0n) is 12.7. The molecule has 22 heavy (non-hydrogen) atoms. The topological polar surface area (TPSA) is 93.8 Å². The smallest absolute Gasteiger partial charge is 0.273 e. The van der Waals surface area contributed by atoms with Crippen molar-refractivity contribution in [1.29, 1.82) is 0 Å². The molecule has 1 unspecified atom stereocenters. The van der Waals surface area contributed by atoms with E-state index in [2.05, 4.69) is 36.8 Å². The van der Waals surface area contributed by atoms with Gasteiger partial charge in [-0.15, -0.1) is 0 Å². The monoisotopic (exact) mass is 368 g/mol. The Morgan fingerprint density at radius 2 is 2.09 bits per heavy atom. The van der Waals surface area contributed by atoms with E-state index >= 15 is 0 Å². The van der Waals surface area contributed by atoms with Crippen LogP contribution in [-0.2, 0) is 11.8 Å². The first-order chi connectivity index (χ1) is 10.3. The van der Waals surface area contributed by atoms with Crippen LogP contribution < -0.4 is 10.6 Å². The lowest BCUT2D eigenvalue weighted by atomic mass is 10.2. The predicted octanol–water partition coefficient (Wildman–Crippen LogP) is 1.25. The number of nitrogens with one attached hydrogen (secondary N) is 2. The standard InChI is InChI=1S/C13H17BrN6O2/c1-7-9(14)5-16-20(7)8(2)12(21)17-10-6-19(4)18-11(10)13(22)15-3/h5-6,8H,1-4H3,(H,15,22)(H,17,21). The number of hydrogen-bond donors (Lipinski definition) is 2. The summed E-state index contributed by atoms with van der Waals surface area (Å²) in [5, 5.41) is 13.4. The second kappa shape index (κ2) is 6.30. The van der Waals surface area contributed by atoms with Crippen LogP contribution in [0, 0.1) is 6.92 Å². The summed E-state index contributed by atoms with van der Waals surface area (Å²) in [6, 6.07) is -0.524. The molecule has 2 amide bonds. The molecular formula is C13H17BrN6O2. The van der Waals surface area contributed by atoms with Crippen molar-refractivity contribution in [3.05, 3.63) is 28.3 Å². The van der Waals surface area contributed by atoms with Gasteiger partial charge in [-0.05, 0) is 29.8 Å². The number of anilines is 1. The van der Waals surface area contributed by atoms with Crippen molar-refractivity contribution in [2.45, 2.75) is 19.9 Å². The Bertz CT molecular complexity index is 720. The maximum atomic E-state index is 12.4. The molecule has 0 aromatic carbocycles. The molecule has 118 valence electrons. The molecular weight excluding hydrogens is 352 g/mol. The number of carbonyl (C=O) groups excluding carboxylic acids is 2. The van der Waals surface area contributed by atoms with Gasteiger partial charge in [0.15, 0.2) is 5.69 Å². The summed E-state index contributed by atoms with van der Waals surface area (Å²) in [6.45, 7) is 3.60. The van der Waals surface area contributed by atoms with Crippen LogP contribution >= 0.6 is 15.9 Å². The zero-order chi connectivity index (χ0) is 16.4. The highest BCUT2D eigenvalue weighted by atomic mass is 79.9. The van der Waals surface area contributed by atoms with E-state index in [9.17, 15) is 9.59 Å². The predicted molar refractivity (Wildman–Crippen MR) is 84.6 cm³/mol. The Kier molecular flexibility index (Phi) is 4.65. The average molecular weight is 369 g/mol. The molecule has 9 heteroatoms. The van der Waals surface area contributed by atoms with Gasteiger partial charge in [0.05, 0.1) is 22.1 Å². The highest BCUT2D eigenvalue weighted by Gasteiger charge is 2.22. The molecule has 0 aliphatic carbocycles. The van der Waals surface area contributed by atoms with Crippen molar-refractivity contribution in [1.82, 2.24) is 24.9 Å². The Morgan fingerprint density at radius 1 is 1.41 bits per heavy atom. The average Bonchev–Trinajstić information content (AvgIpc) is 3.01. The van der Waals surface area contributed by atoms with Crippen LogP contribution in [0.2, 0.25) is 0 Å². The van der Waals surface area contributed by atoms with Crippen LogP contribution in [-0.4, -0.2) is 38.4 Å². The summed E-state index contributed by atoms with van der Waals surface area (Å²) in [5.74, 6) is -0.640. The van der Waals surface area contributed by atoms with Crippen LogP contribution in [0.25, 0.3) is 0 Å². The number of nitrogens with zero attached hydrogens (tertiary/aromatic N) is 4. The number of carbonyl (C=O) groups is 2. The van der Waals surface area contributed by atoms with Gasteiger partial charge in [-0.2, -0.15) is 10.2 Å². The van der Waals surface area contributed by atoms with E-state index in [1.54, 1.807) is 31.0 Å². The molecule has 0 spiro atoms. The molecule has 0 aliphatic heterocycles. The first-order valence-corrected chi connectivity index (χ1v) is 7.40. The highest BCUT2D eigenvalue weighted by molar-refractivity contribution is 9.10. The van der Waals surface area contributed by atoms with Crippen LogP contribution in [0.1, 0.15) is 29.1 Å². The summed E-state index contributed by atoms with van der Waals surface area (Å²) in [4.78, 5) is 24.2. The minimum absolute atomic E-state index is 0.170. The van der Waals surface area contributed by atoms with Crippen molar-refractivity contribution in [3.8, 4) is 0 Å². The normalized spacial score (nSPS) is 12.0. The fourth-order valence-electron chi connectivity index (χ4n) is 2.01. The Labute approximate surface area is 136 Å². The molecule has 2 aromatic rings. The molecule has 2 heterocycles. The van der Waals surface area contributed by atoms with E-state index in [0.717, 1.165) is 10.2 Å². The summed E-state index contributed by atoms with van der Waals surface area (Å²) >= 11 is 3.36. The summed E-state index contributed by atoms with van der Waals surface area (Å²) < 4.78 is 3.91. The minimum atomic E-state index is -0.524. The van der Waals surface area contributed by atoms with Gasteiger partial charge in [-0.25, -0.2) is 0 Å². The molecule has 1 atom stereocenters. The molecule has 2 N–H and O–H groups in total. The van der Waals surface area contributed by atoms with E-state index < -0.39 is 6.04 Å². The molecule has 0 aliphatic rings. The largest absolute Gasteiger partial charge is 0.354 e. The molecule has 8 nitrogen and oxygen atoms in total. The van der Waals surface area contributed by atoms with Crippen LogP contribution in [0.15, 0.2) is 16.9 Å². The third kappa shape index (κ3) is 3.03. The van der Waals surface area contributed by atoms with Crippen LogP contribution in [0.4, 0.5) is 5.69 Å². The highest BCUT2D eigenvalue weighted by Crippen LogP contribution is 2.20. The van der Waals surface area contributed by atoms with Gasteiger partial charge in [0.25, 0.3) is 5.91 Å². The second-order valence-corrected chi connectivity index (χ2v) is 5.69. The van der Waals surface area contributed by atoms with E-state index in [1.807, 2.05) is 6.92 Å². The van der Waals surface area contributed by atoms with Crippen molar-refractivity contribution in [3.63, 3.8) is 0 Å². The van der Waals surface area contributed by atoms with Crippen LogP contribution in [0.5, 0.6) is 0 Å². The summed E-state index contributed by atoms with van der Waals surface area (Å²) in [6.07, 6.45) is 3.22. The minimum Gasteiger partial charge on any atom is -0.354 e. The summed E-state index contributed by atoms with van der Waals surface area (Å²) in [7, 11) is 3.19. The van der Waals surface area contributed by atoms with Gasteiger partial charge in [0.1, 0.15) is 6.04 Å². The molecule has 0 bridgehead atoms. The Hall–Kier alpha value is -2.16. The maximum Gasteiger partial charge on any atom is 0.273 e. The van der Waals surface area contributed by atoms with Gasteiger partial charge in [0.2, 0.25) is 5.91 Å². The molecule has 2 aromatic heterocycles. The SMILES string of the molecule is CNC(=O)c1nn(C)cc1NC(=O)C(C)n1ncc(Br)c1C. The number of aryl methyl sites for hydroxylation is 1. The first kappa shape index (κ1) is 16.2. The number of rotatable bonds is 4. The van der Waals surface area contributed by atoms with Crippen molar-refractivity contribution in [2.75, 3.05) is 12.4 Å². The fourth-order valence-corrected chi connectivity index (χ4v) is 2.28. The van der Waals surface area contributed by atoms with E-state index in [0.29, 0.717) is 5.69 Å². The van der Waals surface area contributed by atoms with Gasteiger partial charge in [0, 0.05) is 20.3 Å². The van der Waals surface area contributed by atoms with E-state index in [1.165, 1.54) is 11.7 Å². The molecule has 2 rings (SSSR count). The summed E-state index contributed by atoms with van der Waals surface area (Å²) in [5.41, 5.74) is 1.38. The first-order valence-electron chi connectivity index (χ1n) is 6.61. The van der Waals surface area contributed by atoms with Gasteiger partial charge < -0.3 is 10.6 Å². The molecule has 0 saturated heterocycles. The third-order valence-electron chi connectivity index (χ3n) is 3.26. The maximum absolute atomic E-state index is 12.4. The third-order valence-corrected chi connectivity index (χ3v) is 4.04. The molecule has 0 radical (unpaired) electrons. The number of hydrogen-bond acceptors (Lipinski definition) is 4. The Morgan fingerprint density at radius 3 is 2.64 bits per heavy atom. The molecule has 0 saturated carbocycles. The van der Waals surface area contributed by atoms with E-state index in [-0.39, 0.29) is 17.5 Å². The quantitative estimate of drug-likeness (QED) is 0.848.